The second kappa shape index (κ2) is 6.57. The van der Waals surface area contributed by atoms with Crippen molar-refractivity contribution in [2.24, 2.45) is 0 Å². The van der Waals surface area contributed by atoms with Gasteiger partial charge in [0.1, 0.15) is 0 Å². The molecule has 0 bridgehead atoms. The number of carbonyl (C=O) groups is 1. The SMILES string of the molecule is CC(C)=CCC[C@@H](C)c1cc(C(=O)O)c2cccccc1-2. The molecule has 0 saturated heterocycles. The molecule has 0 heterocycles. The predicted molar refractivity (Wildman–Crippen MR) is 87.1 cm³/mol. The van der Waals surface area contributed by atoms with E-state index in [1.165, 1.54) is 5.57 Å². The fourth-order valence-corrected chi connectivity index (χ4v) is 2.71. The molecular weight excluding hydrogens is 260 g/mol. The lowest BCUT2D eigenvalue weighted by atomic mass is 9.94. The van der Waals surface area contributed by atoms with Crippen LogP contribution in [0, 0.1) is 0 Å². The van der Waals surface area contributed by atoms with E-state index in [1.807, 2.05) is 36.4 Å². The van der Waals surface area contributed by atoms with E-state index >= 15 is 0 Å². The van der Waals surface area contributed by atoms with Gasteiger partial charge in [0.25, 0.3) is 0 Å². The maximum atomic E-state index is 11.4. The summed E-state index contributed by atoms with van der Waals surface area (Å²) in [6.07, 6.45) is 4.29. The van der Waals surface area contributed by atoms with Crippen molar-refractivity contribution in [3.05, 3.63) is 59.2 Å². The van der Waals surface area contributed by atoms with E-state index in [0.29, 0.717) is 11.5 Å². The molecule has 0 spiro atoms. The summed E-state index contributed by atoms with van der Waals surface area (Å²) >= 11 is 0. The van der Waals surface area contributed by atoms with Gasteiger partial charge in [-0.05, 0) is 55.4 Å². The molecule has 0 radical (unpaired) electrons. The minimum atomic E-state index is -0.853. The summed E-state index contributed by atoms with van der Waals surface area (Å²) in [6.45, 7) is 6.38. The van der Waals surface area contributed by atoms with Crippen molar-refractivity contribution >= 4 is 5.97 Å². The second-order valence-corrected chi connectivity index (χ2v) is 5.82. The molecule has 0 aromatic carbocycles. The Kier molecular flexibility index (Phi) is 4.79. The van der Waals surface area contributed by atoms with E-state index in [1.54, 1.807) is 0 Å². The maximum absolute atomic E-state index is 11.4. The minimum absolute atomic E-state index is 0.346. The zero-order valence-electron chi connectivity index (χ0n) is 12.9. The fraction of sp³-hybridized carbons (Fsp3) is 0.316. The molecule has 1 N–H and O–H groups in total. The van der Waals surface area contributed by atoms with Gasteiger partial charge in [-0.15, -0.1) is 0 Å². The highest BCUT2D eigenvalue weighted by Gasteiger charge is 2.21. The van der Waals surface area contributed by atoms with E-state index in [4.69, 9.17) is 0 Å². The van der Waals surface area contributed by atoms with Crippen molar-refractivity contribution in [2.75, 3.05) is 0 Å². The van der Waals surface area contributed by atoms with Crippen LogP contribution < -0.4 is 0 Å². The highest BCUT2D eigenvalue weighted by Crippen LogP contribution is 2.37. The lowest BCUT2D eigenvalue weighted by Gasteiger charge is -2.11. The van der Waals surface area contributed by atoms with Gasteiger partial charge in [-0.3, -0.25) is 0 Å². The Morgan fingerprint density at radius 3 is 2.48 bits per heavy atom. The summed E-state index contributed by atoms with van der Waals surface area (Å²) in [4.78, 5) is 11.4. The molecular formula is C19H22O2. The largest absolute Gasteiger partial charge is 0.478 e. The minimum Gasteiger partial charge on any atom is -0.478 e. The van der Waals surface area contributed by atoms with Gasteiger partial charge in [0, 0.05) is 0 Å². The molecule has 0 aromatic rings. The Bertz CT molecular complexity index is 636. The van der Waals surface area contributed by atoms with E-state index in [2.05, 4.69) is 26.8 Å². The summed E-state index contributed by atoms with van der Waals surface area (Å²) in [6, 6.07) is 11.6. The Morgan fingerprint density at radius 1 is 1.19 bits per heavy atom. The summed E-state index contributed by atoms with van der Waals surface area (Å²) in [5, 5.41) is 9.40. The van der Waals surface area contributed by atoms with E-state index in [0.717, 1.165) is 29.5 Å². The molecule has 0 saturated carbocycles. The summed E-state index contributed by atoms with van der Waals surface area (Å²) in [5.41, 5.74) is 4.76. The topological polar surface area (TPSA) is 37.3 Å². The third kappa shape index (κ3) is 3.52. The molecule has 21 heavy (non-hydrogen) atoms. The van der Waals surface area contributed by atoms with Crippen LogP contribution in [0.3, 0.4) is 0 Å². The average Bonchev–Trinajstić information content (AvgIpc) is 2.61. The summed E-state index contributed by atoms with van der Waals surface area (Å²) in [7, 11) is 0. The number of carboxylic acid groups (broad SMARTS) is 1. The Balaban J connectivity index is 2.36. The van der Waals surface area contributed by atoms with E-state index in [-0.39, 0.29) is 0 Å². The number of fused-ring (bicyclic) bond motifs is 1. The first-order valence-electron chi connectivity index (χ1n) is 7.39. The smallest absolute Gasteiger partial charge is 0.336 e. The highest BCUT2D eigenvalue weighted by atomic mass is 16.4. The molecule has 110 valence electrons. The van der Waals surface area contributed by atoms with Crippen LogP contribution in [0.5, 0.6) is 0 Å². The van der Waals surface area contributed by atoms with Crippen LogP contribution >= 0.6 is 0 Å². The molecule has 0 amide bonds. The quantitative estimate of drug-likeness (QED) is 0.751. The molecule has 2 rings (SSSR count). The van der Waals surface area contributed by atoms with Crippen LogP contribution in [0.2, 0.25) is 0 Å². The monoisotopic (exact) mass is 282 g/mol. The number of carboxylic acids is 1. The third-order valence-electron chi connectivity index (χ3n) is 3.85. The number of rotatable bonds is 5. The van der Waals surface area contributed by atoms with Crippen molar-refractivity contribution in [1.29, 1.82) is 0 Å². The number of hydrogen-bond acceptors (Lipinski definition) is 1. The number of hydrogen-bond donors (Lipinski definition) is 1. The molecule has 2 heteroatoms. The van der Waals surface area contributed by atoms with Gasteiger partial charge in [0.05, 0.1) is 5.56 Å². The average molecular weight is 282 g/mol. The molecule has 2 nitrogen and oxygen atoms in total. The van der Waals surface area contributed by atoms with Crippen molar-refractivity contribution in [3.8, 4) is 11.1 Å². The van der Waals surface area contributed by atoms with Gasteiger partial charge < -0.3 is 5.11 Å². The third-order valence-corrected chi connectivity index (χ3v) is 3.85. The van der Waals surface area contributed by atoms with Crippen LogP contribution in [-0.4, -0.2) is 11.1 Å². The predicted octanol–water partition coefficient (Wildman–Crippen LogP) is 5.34. The summed E-state index contributed by atoms with van der Waals surface area (Å²) < 4.78 is 0. The fourth-order valence-electron chi connectivity index (χ4n) is 2.71. The van der Waals surface area contributed by atoms with Gasteiger partial charge in [0.15, 0.2) is 0 Å². The maximum Gasteiger partial charge on any atom is 0.336 e. The van der Waals surface area contributed by atoms with E-state index in [9.17, 15) is 9.90 Å². The number of allylic oxidation sites excluding steroid dienone is 2. The number of aromatic carboxylic acids is 1. The molecule has 1 atom stereocenters. The van der Waals surface area contributed by atoms with Crippen molar-refractivity contribution in [1.82, 2.24) is 0 Å². The molecule has 0 unspecified atom stereocenters. The van der Waals surface area contributed by atoms with Crippen LogP contribution in [0.1, 0.15) is 55.5 Å². The normalized spacial score (nSPS) is 12.1. The van der Waals surface area contributed by atoms with Crippen LogP contribution in [-0.2, 0) is 0 Å². The van der Waals surface area contributed by atoms with Crippen LogP contribution in [0.25, 0.3) is 11.1 Å². The highest BCUT2D eigenvalue weighted by molar-refractivity contribution is 5.99. The first-order valence-corrected chi connectivity index (χ1v) is 7.39. The van der Waals surface area contributed by atoms with Crippen LogP contribution in [0.4, 0.5) is 0 Å². The first-order chi connectivity index (χ1) is 10.0. The van der Waals surface area contributed by atoms with Crippen molar-refractivity contribution in [2.45, 2.75) is 39.5 Å². The molecule has 0 aromatic heterocycles. The Hall–Kier alpha value is -2.09. The standard InChI is InChI=1S/C19H22O2/c1-13(2)8-7-9-14(3)17-12-18(19(20)21)16-11-6-4-5-10-15(16)17/h4-6,8,10-12,14H,7,9H2,1-3H3,(H,20,21)/t14-/m1/s1. The lowest BCUT2D eigenvalue weighted by molar-refractivity contribution is 0.0698. The van der Waals surface area contributed by atoms with Crippen molar-refractivity contribution in [3.63, 3.8) is 0 Å². The van der Waals surface area contributed by atoms with E-state index < -0.39 is 5.97 Å². The first kappa shape index (κ1) is 15.3. The van der Waals surface area contributed by atoms with Gasteiger partial charge in [0.2, 0.25) is 0 Å². The molecule has 2 aliphatic rings. The molecule has 0 fully saturated rings. The van der Waals surface area contributed by atoms with Crippen LogP contribution in [0.15, 0.2) is 48.0 Å². The zero-order valence-corrected chi connectivity index (χ0v) is 12.9. The molecule has 2 aliphatic carbocycles. The summed E-state index contributed by atoms with van der Waals surface area (Å²) in [5.74, 6) is -0.507. The van der Waals surface area contributed by atoms with Gasteiger partial charge in [-0.1, -0.05) is 48.9 Å². The Morgan fingerprint density at radius 2 is 1.86 bits per heavy atom. The van der Waals surface area contributed by atoms with Gasteiger partial charge in [-0.2, -0.15) is 0 Å². The van der Waals surface area contributed by atoms with Crippen molar-refractivity contribution < 1.29 is 9.90 Å². The molecule has 0 aliphatic heterocycles. The lowest BCUT2D eigenvalue weighted by Crippen LogP contribution is -1.94. The second-order valence-electron chi connectivity index (χ2n) is 5.82. The van der Waals surface area contributed by atoms with Gasteiger partial charge >= 0.3 is 5.97 Å². The Labute approximate surface area is 126 Å². The zero-order chi connectivity index (χ0) is 15.4. The van der Waals surface area contributed by atoms with Gasteiger partial charge in [-0.25, -0.2) is 4.79 Å².